The maximum absolute atomic E-state index is 4.58. The van der Waals surface area contributed by atoms with Gasteiger partial charge in [-0.05, 0) is 52.3 Å². The minimum Gasteiger partial charge on any atom is -0.357 e. The van der Waals surface area contributed by atoms with Gasteiger partial charge in [0.1, 0.15) is 0 Å². The largest absolute Gasteiger partial charge is 0.357 e. The van der Waals surface area contributed by atoms with Gasteiger partial charge in [0.2, 0.25) is 0 Å². The maximum Gasteiger partial charge on any atom is 0.191 e. The second kappa shape index (κ2) is 9.61. The van der Waals surface area contributed by atoms with Gasteiger partial charge in [0.25, 0.3) is 0 Å². The summed E-state index contributed by atoms with van der Waals surface area (Å²) < 4.78 is 1.85. The molecule has 24 heavy (non-hydrogen) atoms. The predicted molar refractivity (Wildman–Crippen MR) is 109 cm³/mol. The molecule has 2 aromatic heterocycles. The summed E-state index contributed by atoms with van der Waals surface area (Å²) in [5.41, 5.74) is 3.14. The molecule has 0 aliphatic heterocycles. The Bertz CT molecular complexity index is 660. The smallest absolute Gasteiger partial charge is 0.191 e. The molecule has 0 aliphatic rings. The number of nitrogens with zero attached hydrogens (tertiary/aromatic N) is 4. The van der Waals surface area contributed by atoms with Crippen molar-refractivity contribution in [2.45, 2.75) is 47.2 Å². The quantitative estimate of drug-likeness (QED) is 0.425. The molecule has 0 fully saturated rings. The lowest BCUT2D eigenvalue weighted by Gasteiger charge is -2.13. The predicted octanol–water partition coefficient (Wildman–Crippen LogP) is 2.97. The fourth-order valence-electron chi connectivity index (χ4n) is 2.26. The minimum atomic E-state index is 0. The van der Waals surface area contributed by atoms with Crippen LogP contribution in [0.25, 0.3) is 5.82 Å². The molecule has 2 rings (SSSR count). The third-order valence-electron chi connectivity index (χ3n) is 3.23. The fraction of sp³-hybridized carbons (Fsp3) is 0.471. The van der Waals surface area contributed by atoms with E-state index in [0.717, 1.165) is 35.3 Å². The van der Waals surface area contributed by atoms with Gasteiger partial charge < -0.3 is 10.6 Å². The first-order valence-electron chi connectivity index (χ1n) is 8.03. The molecule has 0 saturated carbocycles. The summed E-state index contributed by atoms with van der Waals surface area (Å²) in [7, 11) is 0. The molecule has 0 bridgehead atoms. The van der Waals surface area contributed by atoms with Gasteiger partial charge in [0, 0.05) is 24.5 Å². The van der Waals surface area contributed by atoms with Crippen molar-refractivity contribution >= 4 is 29.9 Å². The van der Waals surface area contributed by atoms with E-state index in [1.54, 1.807) is 0 Å². The normalized spacial score (nSPS) is 11.3. The second-order valence-electron chi connectivity index (χ2n) is 5.86. The maximum atomic E-state index is 4.58. The first-order chi connectivity index (χ1) is 11.0. The van der Waals surface area contributed by atoms with E-state index in [0.29, 0.717) is 12.6 Å². The lowest BCUT2D eigenvalue weighted by Crippen LogP contribution is -2.41. The van der Waals surface area contributed by atoms with E-state index in [4.69, 9.17) is 0 Å². The summed E-state index contributed by atoms with van der Waals surface area (Å²) in [5, 5.41) is 11.0. The van der Waals surface area contributed by atoms with Crippen molar-refractivity contribution in [3.8, 4) is 5.82 Å². The molecule has 2 aromatic rings. The average Bonchev–Trinajstić information content (AvgIpc) is 2.84. The molecule has 2 heterocycles. The number of aromatic nitrogens is 3. The SMILES string of the molecule is CCNC(=NCc1ccc(-n2nc(C)cc2C)nc1)NC(C)C.I. The van der Waals surface area contributed by atoms with Crippen LogP contribution in [0.2, 0.25) is 0 Å². The molecule has 7 heteroatoms. The van der Waals surface area contributed by atoms with E-state index in [1.165, 1.54) is 0 Å². The Labute approximate surface area is 161 Å². The number of guanidine groups is 1. The zero-order valence-electron chi connectivity index (χ0n) is 15.0. The van der Waals surface area contributed by atoms with Gasteiger partial charge in [-0.25, -0.2) is 14.7 Å². The molecule has 0 atom stereocenters. The lowest BCUT2D eigenvalue weighted by atomic mass is 10.3. The zero-order chi connectivity index (χ0) is 16.8. The number of nitrogens with one attached hydrogen (secondary N) is 2. The fourth-order valence-corrected chi connectivity index (χ4v) is 2.26. The number of hydrogen-bond acceptors (Lipinski definition) is 3. The van der Waals surface area contributed by atoms with E-state index < -0.39 is 0 Å². The summed E-state index contributed by atoms with van der Waals surface area (Å²) in [6.07, 6.45) is 1.86. The molecule has 0 spiro atoms. The van der Waals surface area contributed by atoms with E-state index in [-0.39, 0.29) is 24.0 Å². The summed E-state index contributed by atoms with van der Waals surface area (Å²) in [5.74, 6) is 1.65. The molecule has 6 nitrogen and oxygen atoms in total. The Hall–Kier alpha value is -1.64. The van der Waals surface area contributed by atoms with Gasteiger partial charge in [0.15, 0.2) is 11.8 Å². The van der Waals surface area contributed by atoms with Gasteiger partial charge >= 0.3 is 0 Å². The van der Waals surface area contributed by atoms with Crippen molar-refractivity contribution in [2.24, 2.45) is 4.99 Å². The standard InChI is InChI=1S/C17H26N6.HI/c1-6-18-17(21-12(2)3)20-11-15-7-8-16(19-10-15)23-14(5)9-13(4)22-23;/h7-10,12H,6,11H2,1-5H3,(H2,18,20,21);1H. The first kappa shape index (κ1) is 20.4. The number of rotatable bonds is 5. The highest BCUT2D eigenvalue weighted by Gasteiger charge is 2.05. The zero-order valence-corrected chi connectivity index (χ0v) is 17.3. The molecule has 2 N–H and O–H groups in total. The Morgan fingerprint density at radius 2 is 2.04 bits per heavy atom. The van der Waals surface area contributed by atoms with Crippen molar-refractivity contribution < 1.29 is 0 Å². The number of halogens is 1. The Kier molecular flexibility index (Phi) is 8.17. The van der Waals surface area contributed by atoms with Crippen LogP contribution in [0.15, 0.2) is 29.4 Å². The van der Waals surface area contributed by atoms with Crippen LogP contribution >= 0.6 is 24.0 Å². The topological polar surface area (TPSA) is 67.1 Å². The van der Waals surface area contributed by atoms with Crippen molar-refractivity contribution in [1.82, 2.24) is 25.4 Å². The molecule has 132 valence electrons. The summed E-state index contributed by atoms with van der Waals surface area (Å²) >= 11 is 0. The highest BCUT2D eigenvalue weighted by molar-refractivity contribution is 14.0. The van der Waals surface area contributed by atoms with Crippen molar-refractivity contribution in [1.29, 1.82) is 0 Å². The van der Waals surface area contributed by atoms with Crippen molar-refractivity contribution in [3.05, 3.63) is 41.3 Å². The molecule has 0 unspecified atom stereocenters. The molecule has 0 saturated heterocycles. The monoisotopic (exact) mass is 442 g/mol. The van der Waals surface area contributed by atoms with Crippen molar-refractivity contribution in [3.63, 3.8) is 0 Å². The lowest BCUT2D eigenvalue weighted by molar-refractivity contribution is 0.700. The summed E-state index contributed by atoms with van der Waals surface area (Å²) in [4.78, 5) is 9.08. The third-order valence-corrected chi connectivity index (χ3v) is 3.23. The van der Waals surface area contributed by atoms with Gasteiger partial charge in [-0.15, -0.1) is 24.0 Å². The van der Waals surface area contributed by atoms with E-state index >= 15 is 0 Å². The van der Waals surface area contributed by atoms with Crippen LogP contribution in [-0.2, 0) is 6.54 Å². The first-order valence-corrected chi connectivity index (χ1v) is 8.03. The van der Waals surface area contributed by atoms with Crippen LogP contribution in [0.3, 0.4) is 0 Å². The number of aliphatic imine (C=N–C) groups is 1. The minimum absolute atomic E-state index is 0. The molecule has 0 radical (unpaired) electrons. The highest BCUT2D eigenvalue weighted by Crippen LogP contribution is 2.10. The average molecular weight is 442 g/mol. The summed E-state index contributed by atoms with van der Waals surface area (Å²) in [6.45, 7) is 11.7. The van der Waals surface area contributed by atoms with E-state index in [2.05, 4.69) is 46.5 Å². The molecular formula is C17H27IN6. The van der Waals surface area contributed by atoms with E-state index in [1.807, 2.05) is 42.9 Å². The third kappa shape index (κ3) is 5.77. The Morgan fingerprint density at radius 1 is 1.29 bits per heavy atom. The van der Waals surface area contributed by atoms with E-state index in [9.17, 15) is 0 Å². The number of pyridine rings is 1. The molecular weight excluding hydrogens is 415 g/mol. The van der Waals surface area contributed by atoms with Crippen LogP contribution < -0.4 is 10.6 Å². The number of aryl methyl sites for hydroxylation is 2. The van der Waals surface area contributed by atoms with Crippen LogP contribution in [-0.4, -0.2) is 33.3 Å². The van der Waals surface area contributed by atoms with Gasteiger partial charge in [0.05, 0.1) is 12.2 Å². The highest BCUT2D eigenvalue weighted by atomic mass is 127. The second-order valence-corrected chi connectivity index (χ2v) is 5.86. The van der Waals surface area contributed by atoms with Crippen LogP contribution in [0.4, 0.5) is 0 Å². The van der Waals surface area contributed by atoms with Gasteiger partial charge in [-0.1, -0.05) is 6.07 Å². The van der Waals surface area contributed by atoms with Crippen LogP contribution in [0.5, 0.6) is 0 Å². The molecule has 0 aliphatic carbocycles. The Balaban J connectivity index is 0.00000288. The van der Waals surface area contributed by atoms with Crippen LogP contribution in [0.1, 0.15) is 37.7 Å². The molecule has 0 amide bonds. The Morgan fingerprint density at radius 3 is 2.54 bits per heavy atom. The summed E-state index contributed by atoms with van der Waals surface area (Å²) in [6, 6.07) is 6.41. The van der Waals surface area contributed by atoms with Crippen molar-refractivity contribution in [2.75, 3.05) is 6.54 Å². The molecule has 0 aromatic carbocycles. The number of hydrogen-bond donors (Lipinski definition) is 2. The van der Waals surface area contributed by atoms with Crippen LogP contribution in [0, 0.1) is 13.8 Å². The van der Waals surface area contributed by atoms with Gasteiger partial charge in [-0.3, -0.25) is 0 Å². The van der Waals surface area contributed by atoms with Gasteiger partial charge in [-0.2, -0.15) is 5.10 Å².